The lowest BCUT2D eigenvalue weighted by Gasteiger charge is -2.11. The molecule has 0 bridgehead atoms. The summed E-state index contributed by atoms with van der Waals surface area (Å²) in [6.07, 6.45) is 0.171. The molecule has 22 heavy (non-hydrogen) atoms. The second kappa shape index (κ2) is 6.52. The molecule has 0 aliphatic heterocycles. The number of ether oxygens (including phenoxy) is 1. The van der Waals surface area contributed by atoms with E-state index < -0.39 is 17.9 Å². The van der Waals surface area contributed by atoms with Gasteiger partial charge in [-0.3, -0.25) is 14.4 Å². The molecule has 0 aliphatic rings. The van der Waals surface area contributed by atoms with E-state index in [1.165, 1.54) is 6.92 Å². The third-order valence-electron chi connectivity index (χ3n) is 3.63. The highest BCUT2D eigenvalue weighted by molar-refractivity contribution is 5.99. The van der Waals surface area contributed by atoms with Crippen LogP contribution in [0.4, 0.5) is 0 Å². The van der Waals surface area contributed by atoms with Crippen molar-refractivity contribution >= 4 is 28.5 Å². The van der Waals surface area contributed by atoms with Crippen LogP contribution < -0.4 is 0 Å². The molecule has 0 spiro atoms. The fourth-order valence-corrected chi connectivity index (χ4v) is 2.16. The minimum absolute atomic E-state index is 0.0148. The van der Waals surface area contributed by atoms with Crippen molar-refractivity contribution in [2.24, 2.45) is 0 Å². The molecule has 0 saturated carbocycles. The zero-order chi connectivity index (χ0) is 16.3. The maximum atomic E-state index is 11.9. The van der Waals surface area contributed by atoms with Gasteiger partial charge in [0.05, 0.1) is 5.92 Å². The number of hydrogen-bond acceptors (Lipinski definition) is 4. The van der Waals surface area contributed by atoms with Gasteiger partial charge >= 0.3 is 11.9 Å². The summed E-state index contributed by atoms with van der Waals surface area (Å²) in [5, 5.41) is 1.87. The van der Waals surface area contributed by atoms with Crippen LogP contribution in [-0.4, -0.2) is 17.7 Å². The highest BCUT2D eigenvalue weighted by atomic mass is 16.6. The molecule has 2 aromatic rings. The van der Waals surface area contributed by atoms with Crippen LogP contribution in [0.15, 0.2) is 36.4 Å². The Morgan fingerprint density at radius 1 is 1.05 bits per heavy atom. The average Bonchev–Trinajstić information content (AvgIpc) is 2.52. The van der Waals surface area contributed by atoms with Gasteiger partial charge in [-0.05, 0) is 36.2 Å². The van der Waals surface area contributed by atoms with Crippen molar-refractivity contribution < 1.29 is 19.1 Å². The van der Waals surface area contributed by atoms with Crippen LogP contribution in [0.5, 0.6) is 0 Å². The summed E-state index contributed by atoms with van der Waals surface area (Å²) in [5.41, 5.74) is 1.43. The number of esters is 2. The first-order chi connectivity index (χ1) is 10.4. The summed E-state index contributed by atoms with van der Waals surface area (Å²) in [6, 6.07) is 11.0. The Labute approximate surface area is 129 Å². The topological polar surface area (TPSA) is 60.4 Å². The lowest BCUT2D eigenvalue weighted by Crippen LogP contribution is -2.17. The van der Waals surface area contributed by atoms with Gasteiger partial charge in [0.2, 0.25) is 0 Å². The molecule has 4 nitrogen and oxygen atoms in total. The molecule has 0 fully saturated rings. The standard InChI is InChI=1S/C18H18O4/c1-4-17(20)22-18(21)11(2)13-5-7-16-10-14(12(3)19)6-8-15(16)9-13/h5-11H,4H2,1-3H3. The molecule has 114 valence electrons. The largest absolute Gasteiger partial charge is 0.393 e. The fraction of sp³-hybridized carbons (Fsp3) is 0.278. The monoisotopic (exact) mass is 298 g/mol. The molecule has 4 heteroatoms. The van der Waals surface area contributed by atoms with Gasteiger partial charge in [-0.1, -0.05) is 37.3 Å². The van der Waals surface area contributed by atoms with E-state index in [1.54, 1.807) is 19.9 Å². The number of carbonyl (C=O) groups excluding carboxylic acids is 3. The van der Waals surface area contributed by atoms with Crippen molar-refractivity contribution in [1.82, 2.24) is 0 Å². The molecule has 0 aliphatic carbocycles. The summed E-state index contributed by atoms with van der Waals surface area (Å²) in [4.78, 5) is 34.5. The van der Waals surface area contributed by atoms with Gasteiger partial charge < -0.3 is 4.74 Å². The van der Waals surface area contributed by atoms with Crippen LogP contribution in [0.1, 0.15) is 49.0 Å². The first-order valence-corrected chi connectivity index (χ1v) is 7.21. The van der Waals surface area contributed by atoms with E-state index in [9.17, 15) is 14.4 Å². The van der Waals surface area contributed by atoms with Gasteiger partial charge in [0.15, 0.2) is 5.78 Å². The molecule has 0 radical (unpaired) electrons. The molecule has 0 N–H and O–H groups in total. The normalized spacial score (nSPS) is 12.0. The van der Waals surface area contributed by atoms with Crippen molar-refractivity contribution in [2.45, 2.75) is 33.1 Å². The van der Waals surface area contributed by atoms with Crippen molar-refractivity contribution in [1.29, 1.82) is 0 Å². The Kier molecular flexibility index (Phi) is 4.71. The van der Waals surface area contributed by atoms with Gasteiger partial charge in [0.25, 0.3) is 0 Å². The van der Waals surface area contributed by atoms with Crippen LogP contribution in [0, 0.1) is 0 Å². The van der Waals surface area contributed by atoms with E-state index in [-0.39, 0.29) is 12.2 Å². The number of ketones is 1. The predicted octanol–water partition coefficient (Wildman–Crippen LogP) is 3.63. The van der Waals surface area contributed by atoms with E-state index in [0.717, 1.165) is 16.3 Å². The Morgan fingerprint density at radius 2 is 1.68 bits per heavy atom. The minimum Gasteiger partial charge on any atom is -0.393 e. The van der Waals surface area contributed by atoms with Crippen molar-refractivity contribution in [2.75, 3.05) is 0 Å². The van der Waals surface area contributed by atoms with E-state index in [0.29, 0.717) is 5.56 Å². The molecule has 2 rings (SSSR count). The Balaban J connectivity index is 2.29. The highest BCUT2D eigenvalue weighted by Gasteiger charge is 2.19. The van der Waals surface area contributed by atoms with Gasteiger partial charge in [0, 0.05) is 12.0 Å². The van der Waals surface area contributed by atoms with E-state index in [4.69, 9.17) is 4.74 Å². The molecule has 2 aromatic carbocycles. The summed E-state index contributed by atoms with van der Waals surface area (Å²) < 4.78 is 4.76. The van der Waals surface area contributed by atoms with Crippen molar-refractivity contribution in [3.8, 4) is 0 Å². The third kappa shape index (κ3) is 3.39. The molecule has 0 heterocycles. The van der Waals surface area contributed by atoms with Crippen molar-refractivity contribution in [3.05, 3.63) is 47.5 Å². The Bertz CT molecular complexity index is 746. The van der Waals surface area contributed by atoms with Gasteiger partial charge in [-0.25, -0.2) is 0 Å². The van der Waals surface area contributed by atoms with E-state index >= 15 is 0 Å². The maximum Gasteiger partial charge on any atom is 0.320 e. The summed E-state index contributed by atoms with van der Waals surface area (Å²) in [6.45, 7) is 4.87. The highest BCUT2D eigenvalue weighted by Crippen LogP contribution is 2.24. The number of Topliss-reactive ketones (excluding diaryl/α,β-unsaturated/α-hetero) is 1. The Hall–Kier alpha value is -2.49. The molecule has 0 amide bonds. The molecular weight excluding hydrogens is 280 g/mol. The lowest BCUT2D eigenvalue weighted by atomic mass is 9.96. The van der Waals surface area contributed by atoms with Crippen LogP contribution in [-0.2, 0) is 14.3 Å². The van der Waals surface area contributed by atoms with E-state index in [1.807, 2.05) is 30.3 Å². The Morgan fingerprint density at radius 3 is 2.32 bits per heavy atom. The smallest absolute Gasteiger partial charge is 0.320 e. The van der Waals surface area contributed by atoms with Gasteiger partial charge in [0.1, 0.15) is 0 Å². The fourth-order valence-electron chi connectivity index (χ4n) is 2.16. The summed E-state index contributed by atoms with van der Waals surface area (Å²) >= 11 is 0. The van der Waals surface area contributed by atoms with Crippen LogP contribution in [0.3, 0.4) is 0 Å². The number of hydrogen-bond donors (Lipinski definition) is 0. The van der Waals surface area contributed by atoms with Gasteiger partial charge in [-0.15, -0.1) is 0 Å². The quantitative estimate of drug-likeness (QED) is 0.491. The number of carbonyl (C=O) groups is 3. The number of fused-ring (bicyclic) bond motifs is 1. The number of rotatable bonds is 4. The van der Waals surface area contributed by atoms with E-state index in [2.05, 4.69) is 0 Å². The lowest BCUT2D eigenvalue weighted by molar-refractivity contribution is -0.160. The van der Waals surface area contributed by atoms with Crippen LogP contribution >= 0.6 is 0 Å². The van der Waals surface area contributed by atoms with Crippen LogP contribution in [0.25, 0.3) is 10.8 Å². The number of benzene rings is 2. The average molecular weight is 298 g/mol. The molecule has 1 unspecified atom stereocenters. The van der Waals surface area contributed by atoms with Crippen molar-refractivity contribution in [3.63, 3.8) is 0 Å². The second-order valence-corrected chi connectivity index (χ2v) is 5.25. The SMILES string of the molecule is CCC(=O)OC(=O)C(C)c1ccc2cc(C(C)=O)ccc2c1. The maximum absolute atomic E-state index is 11.9. The van der Waals surface area contributed by atoms with Gasteiger partial charge in [-0.2, -0.15) is 0 Å². The molecule has 0 saturated heterocycles. The van der Waals surface area contributed by atoms with Crippen LogP contribution in [0.2, 0.25) is 0 Å². The summed E-state index contributed by atoms with van der Waals surface area (Å²) in [5.74, 6) is -1.58. The second-order valence-electron chi connectivity index (χ2n) is 5.25. The zero-order valence-corrected chi connectivity index (χ0v) is 12.9. The molecule has 1 atom stereocenters. The zero-order valence-electron chi connectivity index (χ0n) is 12.9. The molecule has 0 aromatic heterocycles. The summed E-state index contributed by atoms with van der Waals surface area (Å²) in [7, 11) is 0. The minimum atomic E-state index is -0.549. The first-order valence-electron chi connectivity index (χ1n) is 7.21. The third-order valence-corrected chi connectivity index (χ3v) is 3.63. The predicted molar refractivity (Wildman–Crippen MR) is 83.8 cm³/mol. The molecular formula is C18H18O4. The first kappa shape index (κ1) is 15.9.